The van der Waals surface area contributed by atoms with Crippen LogP contribution in [0.4, 0.5) is 0 Å². The van der Waals surface area contributed by atoms with Gasteiger partial charge in [0.15, 0.2) is 0 Å². The smallest absolute Gasteiger partial charge is 0.123 e. The van der Waals surface area contributed by atoms with Crippen LogP contribution in [0.1, 0.15) is 11.1 Å². The van der Waals surface area contributed by atoms with Gasteiger partial charge in [-0.15, -0.1) is 0 Å². The highest BCUT2D eigenvalue weighted by molar-refractivity contribution is 5.33. The van der Waals surface area contributed by atoms with Crippen molar-refractivity contribution in [1.29, 1.82) is 0 Å². The first kappa shape index (κ1) is 14.5. The minimum Gasteiger partial charge on any atom is -0.491 e. The predicted molar refractivity (Wildman–Crippen MR) is 78.6 cm³/mol. The van der Waals surface area contributed by atoms with Gasteiger partial charge in [-0.05, 0) is 17.7 Å². The number of hydrogen-bond donors (Lipinski definition) is 1. The van der Waals surface area contributed by atoms with Crippen LogP contribution in [0.15, 0.2) is 48.8 Å². The lowest BCUT2D eigenvalue weighted by Crippen LogP contribution is -2.14. The van der Waals surface area contributed by atoms with Crippen LogP contribution in [0.25, 0.3) is 0 Å². The molecule has 0 spiro atoms. The number of pyridine rings is 1. The first-order valence-electron chi connectivity index (χ1n) is 6.69. The zero-order chi connectivity index (χ0) is 14.0. The molecule has 0 aliphatic carbocycles. The molecule has 0 saturated heterocycles. The van der Waals surface area contributed by atoms with Gasteiger partial charge >= 0.3 is 0 Å². The van der Waals surface area contributed by atoms with Crippen LogP contribution in [0, 0.1) is 0 Å². The van der Waals surface area contributed by atoms with E-state index in [0.717, 1.165) is 24.4 Å². The van der Waals surface area contributed by atoms with Gasteiger partial charge in [0.2, 0.25) is 0 Å². The van der Waals surface area contributed by atoms with Crippen molar-refractivity contribution in [2.45, 2.75) is 13.1 Å². The second kappa shape index (κ2) is 8.30. The number of rotatable bonds is 8. The van der Waals surface area contributed by atoms with Crippen molar-refractivity contribution in [3.8, 4) is 5.75 Å². The van der Waals surface area contributed by atoms with Gasteiger partial charge in [-0.1, -0.05) is 24.3 Å². The third-order valence-corrected chi connectivity index (χ3v) is 2.88. The van der Waals surface area contributed by atoms with Gasteiger partial charge in [-0.2, -0.15) is 0 Å². The molecule has 0 saturated carbocycles. The van der Waals surface area contributed by atoms with Gasteiger partial charge < -0.3 is 14.8 Å². The predicted octanol–water partition coefficient (Wildman–Crippen LogP) is 2.40. The fraction of sp³-hybridized carbons (Fsp3) is 0.312. The van der Waals surface area contributed by atoms with Crippen LogP contribution in [0.2, 0.25) is 0 Å². The Morgan fingerprint density at radius 3 is 2.75 bits per heavy atom. The second-order valence-corrected chi connectivity index (χ2v) is 4.41. The van der Waals surface area contributed by atoms with E-state index in [1.807, 2.05) is 30.5 Å². The maximum Gasteiger partial charge on any atom is 0.123 e. The van der Waals surface area contributed by atoms with Gasteiger partial charge in [0, 0.05) is 38.2 Å². The lowest BCUT2D eigenvalue weighted by Gasteiger charge is -2.12. The molecular formula is C16H20N2O2. The van der Waals surface area contributed by atoms with E-state index >= 15 is 0 Å². The number of para-hydroxylation sites is 1. The summed E-state index contributed by atoms with van der Waals surface area (Å²) in [6.07, 6.45) is 3.65. The fourth-order valence-electron chi connectivity index (χ4n) is 1.87. The van der Waals surface area contributed by atoms with Crippen molar-refractivity contribution >= 4 is 0 Å². The van der Waals surface area contributed by atoms with Gasteiger partial charge in [0.25, 0.3) is 0 Å². The molecule has 2 rings (SSSR count). The number of benzene rings is 1. The lowest BCUT2D eigenvalue weighted by atomic mass is 10.2. The molecule has 106 valence electrons. The van der Waals surface area contributed by atoms with Crippen LogP contribution < -0.4 is 10.1 Å². The van der Waals surface area contributed by atoms with Gasteiger partial charge in [-0.25, -0.2) is 0 Å². The topological polar surface area (TPSA) is 43.4 Å². The molecule has 1 aromatic carbocycles. The Hall–Kier alpha value is -1.91. The molecule has 0 amide bonds. The summed E-state index contributed by atoms with van der Waals surface area (Å²) in [5.74, 6) is 0.906. The van der Waals surface area contributed by atoms with E-state index in [1.165, 1.54) is 5.56 Å². The molecule has 0 aliphatic heterocycles. The number of ether oxygens (including phenoxy) is 2. The fourth-order valence-corrected chi connectivity index (χ4v) is 1.87. The first-order valence-corrected chi connectivity index (χ1v) is 6.69. The molecule has 0 fully saturated rings. The number of methoxy groups -OCH3 is 1. The summed E-state index contributed by atoms with van der Waals surface area (Å²) in [5, 5.41) is 3.40. The Morgan fingerprint density at radius 1 is 1.05 bits per heavy atom. The molecule has 0 atom stereocenters. The van der Waals surface area contributed by atoms with Crippen LogP contribution in [-0.2, 0) is 17.8 Å². The Balaban J connectivity index is 1.85. The Kier molecular flexibility index (Phi) is 6.02. The standard InChI is InChI=1S/C16H20N2O2/c1-19-9-10-20-16-7-3-2-6-15(16)13-18-12-14-5-4-8-17-11-14/h2-8,11,18H,9-10,12-13H2,1H3. The largest absolute Gasteiger partial charge is 0.491 e. The van der Waals surface area contributed by atoms with Gasteiger partial charge in [0.05, 0.1) is 6.61 Å². The number of nitrogens with one attached hydrogen (secondary N) is 1. The lowest BCUT2D eigenvalue weighted by molar-refractivity contribution is 0.145. The highest BCUT2D eigenvalue weighted by Gasteiger charge is 2.02. The Labute approximate surface area is 119 Å². The number of aromatic nitrogens is 1. The first-order chi connectivity index (χ1) is 9.90. The van der Waals surface area contributed by atoms with Crippen molar-refractivity contribution in [3.63, 3.8) is 0 Å². The maximum atomic E-state index is 5.70. The van der Waals surface area contributed by atoms with Crippen molar-refractivity contribution < 1.29 is 9.47 Å². The van der Waals surface area contributed by atoms with Crippen molar-refractivity contribution in [2.75, 3.05) is 20.3 Å². The molecule has 0 aliphatic rings. The van der Waals surface area contributed by atoms with Crippen molar-refractivity contribution in [1.82, 2.24) is 10.3 Å². The molecule has 0 unspecified atom stereocenters. The molecule has 0 bridgehead atoms. The van der Waals surface area contributed by atoms with E-state index in [-0.39, 0.29) is 0 Å². The van der Waals surface area contributed by atoms with Gasteiger partial charge in [0.1, 0.15) is 12.4 Å². The minimum atomic E-state index is 0.566. The third kappa shape index (κ3) is 4.64. The van der Waals surface area contributed by atoms with Crippen LogP contribution in [-0.4, -0.2) is 25.3 Å². The minimum absolute atomic E-state index is 0.566. The molecule has 4 nitrogen and oxygen atoms in total. The normalized spacial score (nSPS) is 10.4. The summed E-state index contributed by atoms with van der Waals surface area (Å²) < 4.78 is 10.7. The van der Waals surface area contributed by atoms with Crippen molar-refractivity contribution in [2.24, 2.45) is 0 Å². The molecule has 1 heterocycles. The maximum absolute atomic E-state index is 5.70. The average Bonchev–Trinajstić information content (AvgIpc) is 2.50. The summed E-state index contributed by atoms with van der Waals surface area (Å²) in [6.45, 7) is 2.71. The van der Waals surface area contributed by atoms with E-state index in [2.05, 4.69) is 22.4 Å². The zero-order valence-corrected chi connectivity index (χ0v) is 11.7. The highest BCUT2D eigenvalue weighted by atomic mass is 16.5. The van der Waals surface area contributed by atoms with Crippen LogP contribution in [0.5, 0.6) is 5.75 Å². The van der Waals surface area contributed by atoms with E-state index in [1.54, 1.807) is 13.3 Å². The van der Waals surface area contributed by atoms with E-state index < -0.39 is 0 Å². The summed E-state index contributed by atoms with van der Waals surface area (Å²) in [6, 6.07) is 12.0. The molecule has 4 heteroatoms. The monoisotopic (exact) mass is 272 g/mol. The van der Waals surface area contributed by atoms with Crippen LogP contribution >= 0.6 is 0 Å². The summed E-state index contributed by atoms with van der Waals surface area (Å²) >= 11 is 0. The third-order valence-electron chi connectivity index (χ3n) is 2.88. The van der Waals surface area contributed by atoms with Crippen LogP contribution in [0.3, 0.4) is 0 Å². The molecule has 2 aromatic rings. The van der Waals surface area contributed by atoms with E-state index in [4.69, 9.17) is 9.47 Å². The molecule has 1 aromatic heterocycles. The van der Waals surface area contributed by atoms with Crippen molar-refractivity contribution in [3.05, 3.63) is 59.9 Å². The quantitative estimate of drug-likeness (QED) is 0.749. The number of hydrogen-bond acceptors (Lipinski definition) is 4. The highest BCUT2D eigenvalue weighted by Crippen LogP contribution is 2.17. The molecule has 20 heavy (non-hydrogen) atoms. The summed E-state index contributed by atoms with van der Waals surface area (Å²) in [5.41, 5.74) is 2.32. The van der Waals surface area contributed by atoms with E-state index in [9.17, 15) is 0 Å². The SMILES string of the molecule is COCCOc1ccccc1CNCc1cccnc1. The molecule has 0 radical (unpaired) electrons. The summed E-state index contributed by atoms with van der Waals surface area (Å²) in [4.78, 5) is 4.10. The Bertz CT molecular complexity index is 503. The Morgan fingerprint density at radius 2 is 1.95 bits per heavy atom. The second-order valence-electron chi connectivity index (χ2n) is 4.41. The number of nitrogens with zero attached hydrogens (tertiary/aromatic N) is 1. The zero-order valence-electron chi connectivity index (χ0n) is 11.7. The molecule has 1 N–H and O–H groups in total. The van der Waals surface area contributed by atoms with Gasteiger partial charge in [-0.3, -0.25) is 4.98 Å². The summed E-state index contributed by atoms with van der Waals surface area (Å²) in [7, 11) is 1.67. The molecular weight excluding hydrogens is 252 g/mol. The average molecular weight is 272 g/mol. The van der Waals surface area contributed by atoms with E-state index in [0.29, 0.717) is 13.2 Å².